The number of aliphatic hydroxyl groups excluding tert-OH is 5. The number of hydrogen-bond donors (Lipinski definition) is 6. The quantitative estimate of drug-likeness (QED) is 0.0195. The highest BCUT2D eigenvalue weighted by Crippen LogP contribution is 2.26. The van der Waals surface area contributed by atoms with Crippen LogP contribution in [0.1, 0.15) is 355 Å². The smallest absolute Gasteiger partial charge is 0.306 e. The van der Waals surface area contributed by atoms with E-state index in [1.807, 2.05) is 6.08 Å². The first kappa shape index (κ1) is 79.9. The van der Waals surface area contributed by atoms with Crippen molar-refractivity contribution in [3.8, 4) is 0 Å². The largest absolute Gasteiger partial charge is 0.454 e. The Bertz CT molecular complexity index is 1510. The molecule has 84 heavy (non-hydrogen) atoms. The molecule has 11 heteroatoms. The lowest BCUT2D eigenvalue weighted by Gasteiger charge is -2.41. The number of hydrogen-bond acceptors (Lipinski definition) is 10. The van der Waals surface area contributed by atoms with E-state index in [0.29, 0.717) is 19.3 Å². The van der Waals surface area contributed by atoms with Gasteiger partial charge in [0.25, 0.3) is 0 Å². The van der Waals surface area contributed by atoms with Gasteiger partial charge < -0.3 is 45.1 Å². The van der Waals surface area contributed by atoms with E-state index in [1.54, 1.807) is 6.08 Å². The summed E-state index contributed by atoms with van der Waals surface area (Å²) in [6.45, 7) is 5.82. The van der Waals surface area contributed by atoms with Crippen LogP contribution in [0.15, 0.2) is 36.5 Å². The molecule has 11 nitrogen and oxygen atoms in total. The molecular formula is C73H137NO10. The minimum absolute atomic E-state index is 0.128. The highest BCUT2D eigenvalue weighted by Gasteiger charge is 2.47. The summed E-state index contributed by atoms with van der Waals surface area (Å²) in [6, 6.07) is -1.02. The lowest BCUT2D eigenvalue weighted by Crippen LogP contribution is -2.61. The molecule has 1 rings (SSSR count). The zero-order chi connectivity index (χ0) is 61.0. The Balaban J connectivity index is 2.51. The van der Waals surface area contributed by atoms with Crippen molar-refractivity contribution in [2.24, 2.45) is 0 Å². The van der Waals surface area contributed by atoms with Crippen molar-refractivity contribution in [2.45, 2.75) is 404 Å². The van der Waals surface area contributed by atoms with Gasteiger partial charge in [0.05, 0.1) is 25.4 Å². The van der Waals surface area contributed by atoms with E-state index in [2.05, 4.69) is 50.4 Å². The van der Waals surface area contributed by atoms with E-state index >= 15 is 0 Å². The van der Waals surface area contributed by atoms with Crippen molar-refractivity contribution in [1.82, 2.24) is 5.32 Å². The van der Waals surface area contributed by atoms with Gasteiger partial charge in [-0.15, -0.1) is 0 Å². The van der Waals surface area contributed by atoms with Crippen LogP contribution in [0.2, 0.25) is 0 Å². The van der Waals surface area contributed by atoms with Crippen LogP contribution in [0.25, 0.3) is 0 Å². The summed E-state index contributed by atoms with van der Waals surface area (Å²) >= 11 is 0. The molecule has 0 spiro atoms. The van der Waals surface area contributed by atoms with Gasteiger partial charge >= 0.3 is 5.97 Å². The van der Waals surface area contributed by atoms with Crippen LogP contribution < -0.4 is 5.32 Å². The summed E-state index contributed by atoms with van der Waals surface area (Å²) in [6.07, 6.45) is 64.8. The molecule has 1 aliphatic heterocycles. The average molecular weight is 1190 g/mol. The Morgan fingerprint density at radius 3 is 1.24 bits per heavy atom. The van der Waals surface area contributed by atoms with Crippen molar-refractivity contribution in [3.05, 3.63) is 36.5 Å². The molecule has 0 aromatic heterocycles. The number of allylic oxidation sites excluding steroid dienone is 5. The highest BCUT2D eigenvalue weighted by molar-refractivity contribution is 5.80. The standard InChI is InChI=1S/C73H137NO10/c1-4-7-10-13-16-19-22-25-27-29-30-31-32-33-34-35-36-37-38-39-41-43-46-49-52-55-58-61-68(78)84-71-70(80)69(79)67(62-75)83-73(71)82-63-64(65(76)59-56-53-50-47-44-24-21-18-15-12-9-6-3)74-72(81)66(77)60-57-54-51-48-45-42-40-28-26-23-20-17-14-11-8-5-2/h16,19,25,27,56,59,64-67,69-71,73,75-77,79-80H,4-15,17-18,20-24,26,28-55,57-58,60-63H2,1-3H3,(H,74,81)/b19-16-,27-25-,59-56+. The number of carbonyl (C=O) groups is 2. The second-order valence-electron chi connectivity index (χ2n) is 25.3. The summed E-state index contributed by atoms with van der Waals surface area (Å²) in [5.41, 5.74) is 0. The SMILES string of the molecule is CCCCC/C=C\C/C=C\CCCCCCCCCCCCCCCCCCCC(=O)OC1C(OCC(NC(=O)C(O)CCCCCCCCCCCCCCCCCC)C(O)/C=C/CCCCCCCCCCCC)OC(CO)C(O)C1O. The Morgan fingerprint density at radius 1 is 0.464 bits per heavy atom. The van der Waals surface area contributed by atoms with Gasteiger partial charge in [-0.3, -0.25) is 9.59 Å². The molecule has 1 heterocycles. The number of nitrogens with one attached hydrogen (secondary N) is 1. The normalized spacial score (nSPS) is 18.6. The minimum atomic E-state index is -1.61. The molecule has 8 unspecified atom stereocenters. The Hall–Kier alpha value is -2.12. The molecule has 0 aromatic rings. The van der Waals surface area contributed by atoms with Crippen molar-refractivity contribution in [3.63, 3.8) is 0 Å². The second kappa shape index (κ2) is 61.1. The molecule has 8 atom stereocenters. The first-order valence-corrected chi connectivity index (χ1v) is 36.3. The predicted molar refractivity (Wildman–Crippen MR) is 352 cm³/mol. The van der Waals surface area contributed by atoms with Gasteiger partial charge in [0.2, 0.25) is 5.91 Å². The van der Waals surface area contributed by atoms with Crippen molar-refractivity contribution in [1.29, 1.82) is 0 Å². The summed E-state index contributed by atoms with van der Waals surface area (Å²) in [4.78, 5) is 26.7. The second-order valence-corrected chi connectivity index (χ2v) is 25.3. The Labute approximate surface area is 517 Å². The lowest BCUT2D eigenvalue weighted by atomic mass is 9.99. The minimum Gasteiger partial charge on any atom is -0.454 e. The molecule has 0 bridgehead atoms. The molecule has 0 radical (unpaired) electrons. The maximum atomic E-state index is 13.5. The van der Waals surface area contributed by atoms with Crippen molar-refractivity contribution < 1.29 is 49.3 Å². The third kappa shape index (κ3) is 47.9. The van der Waals surface area contributed by atoms with E-state index in [-0.39, 0.29) is 13.0 Å². The van der Waals surface area contributed by atoms with Gasteiger partial charge in [0, 0.05) is 6.42 Å². The summed E-state index contributed by atoms with van der Waals surface area (Å²) in [5, 5.41) is 57.2. The first-order chi connectivity index (χ1) is 41.2. The molecule has 0 saturated carbocycles. The predicted octanol–water partition coefficient (Wildman–Crippen LogP) is 18.6. The van der Waals surface area contributed by atoms with Gasteiger partial charge in [-0.1, -0.05) is 327 Å². The molecule has 6 N–H and O–H groups in total. The highest BCUT2D eigenvalue weighted by atomic mass is 16.7. The topological polar surface area (TPSA) is 175 Å². The van der Waals surface area contributed by atoms with Gasteiger partial charge in [-0.25, -0.2) is 0 Å². The number of carbonyl (C=O) groups excluding carboxylic acids is 2. The molecular weight excluding hydrogens is 1050 g/mol. The van der Waals surface area contributed by atoms with Gasteiger partial charge in [0.1, 0.15) is 24.4 Å². The maximum absolute atomic E-state index is 13.5. The van der Waals surface area contributed by atoms with E-state index in [4.69, 9.17) is 14.2 Å². The molecule has 0 aliphatic carbocycles. The van der Waals surface area contributed by atoms with Crippen LogP contribution in [-0.2, 0) is 23.8 Å². The number of rotatable bonds is 63. The fourth-order valence-electron chi connectivity index (χ4n) is 11.6. The number of amides is 1. The van der Waals surface area contributed by atoms with E-state index in [0.717, 1.165) is 64.2 Å². The number of unbranched alkanes of at least 4 members (excludes halogenated alkanes) is 45. The van der Waals surface area contributed by atoms with Crippen LogP contribution in [0.4, 0.5) is 0 Å². The third-order valence-electron chi connectivity index (χ3n) is 17.3. The summed E-state index contributed by atoms with van der Waals surface area (Å²) in [7, 11) is 0. The van der Waals surface area contributed by atoms with Gasteiger partial charge in [-0.05, 0) is 57.8 Å². The zero-order valence-corrected chi connectivity index (χ0v) is 55.0. The van der Waals surface area contributed by atoms with Crippen molar-refractivity contribution in [2.75, 3.05) is 13.2 Å². The van der Waals surface area contributed by atoms with E-state index in [1.165, 1.54) is 244 Å². The molecule has 1 fully saturated rings. The van der Waals surface area contributed by atoms with Crippen LogP contribution in [0.3, 0.4) is 0 Å². The fraction of sp³-hybridized carbons (Fsp3) is 0.890. The van der Waals surface area contributed by atoms with Crippen LogP contribution in [0.5, 0.6) is 0 Å². The van der Waals surface area contributed by atoms with Gasteiger partial charge in [0.15, 0.2) is 12.4 Å². The number of ether oxygens (including phenoxy) is 3. The summed E-state index contributed by atoms with van der Waals surface area (Å²) < 4.78 is 17.7. The Morgan fingerprint density at radius 2 is 0.821 bits per heavy atom. The van der Waals surface area contributed by atoms with Crippen LogP contribution in [-0.4, -0.2) is 99.6 Å². The van der Waals surface area contributed by atoms with Crippen LogP contribution >= 0.6 is 0 Å². The molecule has 1 amide bonds. The molecule has 1 saturated heterocycles. The zero-order valence-electron chi connectivity index (χ0n) is 55.0. The molecule has 1 aliphatic rings. The number of esters is 1. The molecule has 0 aromatic carbocycles. The molecule has 494 valence electrons. The monoisotopic (exact) mass is 1190 g/mol. The van der Waals surface area contributed by atoms with Gasteiger partial charge in [-0.2, -0.15) is 0 Å². The average Bonchev–Trinajstić information content (AvgIpc) is 3.69. The first-order valence-electron chi connectivity index (χ1n) is 36.3. The third-order valence-corrected chi connectivity index (χ3v) is 17.3. The maximum Gasteiger partial charge on any atom is 0.306 e. The fourth-order valence-corrected chi connectivity index (χ4v) is 11.6. The number of aliphatic hydroxyl groups is 5. The van der Waals surface area contributed by atoms with E-state index in [9.17, 15) is 35.1 Å². The van der Waals surface area contributed by atoms with Crippen molar-refractivity contribution >= 4 is 11.9 Å². The Kier molecular flexibility index (Phi) is 58.1. The van der Waals surface area contributed by atoms with E-state index < -0.39 is 67.4 Å². The van der Waals surface area contributed by atoms with Crippen LogP contribution in [0, 0.1) is 0 Å². The summed E-state index contributed by atoms with van der Waals surface area (Å²) in [5.74, 6) is -1.18. The lowest BCUT2D eigenvalue weighted by molar-refractivity contribution is -0.305.